The maximum atomic E-state index is 13.1. The van der Waals surface area contributed by atoms with Gasteiger partial charge in [0, 0.05) is 19.0 Å². The fourth-order valence-electron chi connectivity index (χ4n) is 3.86. The maximum absolute atomic E-state index is 13.1. The summed E-state index contributed by atoms with van der Waals surface area (Å²) in [6, 6.07) is 5.19. The lowest BCUT2D eigenvalue weighted by atomic mass is 9.91. The smallest absolute Gasteiger partial charge is 0.333 e. The number of nitrogens with zero attached hydrogens (tertiary/aromatic N) is 1. The van der Waals surface area contributed by atoms with Crippen LogP contribution < -0.4 is 5.32 Å². The summed E-state index contributed by atoms with van der Waals surface area (Å²) in [5.41, 5.74) is -1.41. The van der Waals surface area contributed by atoms with E-state index < -0.39 is 29.2 Å². The molecule has 3 rings (SSSR count). The van der Waals surface area contributed by atoms with Crippen LogP contribution >= 0.6 is 0 Å². The summed E-state index contributed by atoms with van der Waals surface area (Å²) in [7, 11) is 0. The fourth-order valence-corrected chi connectivity index (χ4v) is 3.86. The van der Waals surface area contributed by atoms with Gasteiger partial charge in [-0.3, -0.25) is 9.59 Å². The van der Waals surface area contributed by atoms with Crippen molar-refractivity contribution in [1.82, 2.24) is 10.2 Å². The van der Waals surface area contributed by atoms with Gasteiger partial charge in [0.25, 0.3) is 0 Å². The van der Waals surface area contributed by atoms with E-state index in [0.717, 1.165) is 37.8 Å². The minimum atomic E-state index is -1.69. The minimum Gasteiger partial charge on any atom is -0.479 e. The van der Waals surface area contributed by atoms with Gasteiger partial charge in [0.1, 0.15) is 5.82 Å². The number of hydrogen-bond acceptors (Lipinski definition) is 3. The molecule has 0 spiro atoms. The molecule has 2 atom stereocenters. The average molecular weight is 362 g/mol. The Labute approximate surface area is 151 Å². The molecule has 2 amide bonds. The minimum absolute atomic E-state index is 0.0455. The molecule has 1 aliphatic heterocycles. The first kappa shape index (κ1) is 18.4. The summed E-state index contributed by atoms with van der Waals surface area (Å²) in [5, 5.41) is 12.2. The summed E-state index contributed by atoms with van der Waals surface area (Å²) < 4.78 is 13.1. The number of carboxylic acids is 1. The Balaban J connectivity index is 1.73. The van der Waals surface area contributed by atoms with Gasteiger partial charge in [0.2, 0.25) is 11.8 Å². The molecule has 1 heterocycles. The van der Waals surface area contributed by atoms with E-state index in [0.29, 0.717) is 6.54 Å². The van der Waals surface area contributed by atoms with Gasteiger partial charge in [-0.15, -0.1) is 0 Å². The molecule has 2 unspecified atom stereocenters. The van der Waals surface area contributed by atoms with Crippen molar-refractivity contribution in [3.05, 3.63) is 35.6 Å². The Hall–Kier alpha value is -2.44. The van der Waals surface area contributed by atoms with Crippen LogP contribution in [0.5, 0.6) is 0 Å². The normalized spacial score (nSPS) is 23.1. The molecule has 2 aliphatic rings. The molecule has 0 aromatic heterocycles. The third-order valence-corrected chi connectivity index (χ3v) is 5.52. The Morgan fingerprint density at radius 3 is 2.42 bits per heavy atom. The van der Waals surface area contributed by atoms with Gasteiger partial charge in [-0.1, -0.05) is 25.0 Å². The van der Waals surface area contributed by atoms with E-state index in [9.17, 15) is 23.9 Å². The Bertz CT molecular complexity index is 715. The van der Waals surface area contributed by atoms with Crippen LogP contribution in [0.4, 0.5) is 4.39 Å². The molecule has 6 nitrogen and oxygen atoms in total. The molecule has 1 aromatic rings. The summed E-state index contributed by atoms with van der Waals surface area (Å²) >= 11 is 0. The molecular formula is C19H23FN2O4. The molecule has 0 radical (unpaired) electrons. The highest BCUT2D eigenvalue weighted by Gasteiger charge is 2.43. The molecule has 0 bridgehead atoms. The largest absolute Gasteiger partial charge is 0.479 e. The van der Waals surface area contributed by atoms with Crippen molar-refractivity contribution < 1.29 is 23.9 Å². The molecule has 1 aliphatic carbocycles. The van der Waals surface area contributed by atoms with Crippen molar-refractivity contribution in [2.75, 3.05) is 6.54 Å². The summed E-state index contributed by atoms with van der Waals surface area (Å²) in [4.78, 5) is 38.5. The standard InChI is InChI=1S/C19H23FN2O4/c1-19(18(25)26,13-6-8-14(20)9-7-13)21-17(24)12-10-16(23)22(11-12)15-4-2-3-5-15/h6-9,12,15H,2-5,10-11H2,1H3,(H,21,24)(H,25,26). The molecule has 1 saturated heterocycles. The monoisotopic (exact) mass is 362 g/mol. The number of carbonyl (C=O) groups is 3. The number of carboxylic acid groups (broad SMARTS) is 1. The van der Waals surface area contributed by atoms with E-state index in [1.807, 2.05) is 0 Å². The third kappa shape index (κ3) is 3.43. The number of amides is 2. The first-order valence-electron chi connectivity index (χ1n) is 8.92. The predicted molar refractivity (Wildman–Crippen MR) is 91.6 cm³/mol. The van der Waals surface area contributed by atoms with E-state index in [2.05, 4.69) is 5.32 Å². The number of aliphatic carboxylic acids is 1. The second kappa shape index (κ2) is 7.05. The van der Waals surface area contributed by atoms with Crippen molar-refractivity contribution in [1.29, 1.82) is 0 Å². The molecule has 7 heteroatoms. The first-order chi connectivity index (χ1) is 12.3. The van der Waals surface area contributed by atoms with Gasteiger partial charge < -0.3 is 15.3 Å². The van der Waals surface area contributed by atoms with Gasteiger partial charge >= 0.3 is 5.97 Å². The zero-order valence-electron chi connectivity index (χ0n) is 14.7. The zero-order chi connectivity index (χ0) is 18.9. The van der Waals surface area contributed by atoms with Crippen LogP contribution in [-0.4, -0.2) is 40.4 Å². The molecule has 1 aromatic carbocycles. The lowest BCUT2D eigenvalue weighted by Crippen LogP contribution is -2.51. The van der Waals surface area contributed by atoms with Crippen LogP contribution in [0.2, 0.25) is 0 Å². The quantitative estimate of drug-likeness (QED) is 0.839. The second-order valence-electron chi connectivity index (χ2n) is 7.31. The highest BCUT2D eigenvalue weighted by molar-refractivity contribution is 5.93. The number of hydrogen-bond donors (Lipinski definition) is 2. The molecule has 26 heavy (non-hydrogen) atoms. The van der Waals surface area contributed by atoms with E-state index in [1.165, 1.54) is 19.1 Å². The van der Waals surface area contributed by atoms with Crippen molar-refractivity contribution in [3.8, 4) is 0 Å². The molecule has 140 valence electrons. The number of halogens is 1. The molecule has 2 fully saturated rings. The number of nitrogens with one attached hydrogen (secondary N) is 1. The highest BCUT2D eigenvalue weighted by Crippen LogP contribution is 2.30. The molecule has 2 N–H and O–H groups in total. The molecule has 1 saturated carbocycles. The summed E-state index contributed by atoms with van der Waals surface area (Å²) in [6.07, 6.45) is 4.20. The van der Waals surface area contributed by atoms with Crippen LogP contribution in [0.1, 0.15) is 44.6 Å². The van der Waals surface area contributed by atoms with Gasteiger partial charge in [-0.05, 0) is 37.5 Å². The van der Waals surface area contributed by atoms with Crippen molar-refractivity contribution in [2.24, 2.45) is 5.92 Å². The summed E-state index contributed by atoms with van der Waals surface area (Å²) in [6.45, 7) is 1.69. The van der Waals surface area contributed by atoms with Gasteiger partial charge in [-0.25, -0.2) is 9.18 Å². The summed E-state index contributed by atoms with van der Waals surface area (Å²) in [5.74, 6) is -2.80. The fraction of sp³-hybridized carbons (Fsp3) is 0.526. The topological polar surface area (TPSA) is 86.7 Å². The van der Waals surface area contributed by atoms with E-state index in [4.69, 9.17) is 0 Å². The van der Waals surface area contributed by atoms with Crippen LogP contribution in [0, 0.1) is 11.7 Å². The SMILES string of the molecule is CC(NC(=O)C1CC(=O)N(C2CCCC2)C1)(C(=O)O)c1ccc(F)cc1. The maximum Gasteiger partial charge on any atom is 0.333 e. The Morgan fingerprint density at radius 2 is 1.85 bits per heavy atom. The van der Waals surface area contributed by atoms with Gasteiger partial charge in [0.15, 0.2) is 5.54 Å². The number of carbonyl (C=O) groups excluding carboxylic acids is 2. The molecular weight excluding hydrogens is 339 g/mol. The first-order valence-corrected chi connectivity index (χ1v) is 8.92. The zero-order valence-corrected chi connectivity index (χ0v) is 14.7. The van der Waals surface area contributed by atoms with Crippen LogP contribution in [0.3, 0.4) is 0 Å². The van der Waals surface area contributed by atoms with E-state index in [1.54, 1.807) is 4.90 Å². The van der Waals surface area contributed by atoms with Crippen LogP contribution in [-0.2, 0) is 19.9 Å². The highest BCUT2D eigenvalue weighted by atomic mass is 19.1. The number of likely N-dealkylation sites (tertiary alicyclic amines) is 1. The van der Waals surface area contributed by atoms with Crippen LogP contribution in [0.15, 0.2) is 24.3 Å². The lowest BCUT2D eigenvalue weighted by Gasteiger charge is -2.28. The average Bonchev–Trinajstić information content (AvgIpc) is 3.24. The Morgan fingerprint density at radius 1 is 1.23 bits per heavy atom. The Kier molecular flexibility index (Phi) is 4.98. The van der Waals surface area contributed by atoms with E-state index in [-0.39, 0.29) is 23.9 Å². The van der Waals surface area contributed by atoms with Crippen LogP contribution in [0.25, 0.3) is 0 Å². The predicted octanol–water partition coefficient (Wildman–Crippen LogP) is 2.03. The van der Waals surface area contributed by atoms with Crippen molar-refractivity contribution in [2.45, 2.75) is 50.6 Å². The number of benzene rings is 1. The van der Waals surface area contributed by atoms with Crippen molar-refractivity contribution in [3.63, 3.8) is 0 Å². The van der Waals surface area contributed by atoms with Gasteiger partial charge in [0.05, 0.1) is 5.92 Å². The second-order valence-corrected chi connectivity index (χ2v) is 7.31. The number of rotatable bonds is 5. The van der Waals surface area contributed by atoms with E-state index >= 15 is 0 Å². The lowest BCUT2D eigenvalue weighted by molar-refractivity contribution is -0.148. The van der Waals surface area contributed by atoms with Crippen molar-refractivity contribution >= 4 is 17.8 Å². The van der Waals surface area contributed by atoms with Gasteiger partial charge in [-0.2, -0.15) is 0 Å². The third-order valence-electron chi connectivity index (χ3n) is 5.52.